The topological polar surface area (TPSA) is 79.9 Å². The van der Waals surface area contributed by atoms with Crippen LogP contribution in [0, 0.1) is 0 Å². The molecule has 0 aliphatic rings. The number of nitrogens with zero attached hydrogens (tertiary/aromatic N) is 1. The molecular weight excluding hydrogens is 522 g/mol. The van der Waals surface area contributed by atoms with E-state index in [1.54, 1.807) is 38.4 Å². The van der Waals surface area contributed by atoms with Gasteiger partial charge in [-0.15, -0.1) is 0 Å². The smallest absolute Gasteiger partial charge is 0.417 e. The number of anilines is 2. The molecule has 3 aromatic rings. The molecule has 0 fully saturated rings. The molecule has 0 heterocycles. The number of hydrogen-bond acceptors (Lipinski definition) is 4. The van der Waals surface area contributed by atoms with Gasteiger partial charge in [-0.2, -0.15) is 13.2 Å². The van der Waals surface area contributed by atoms with Crippen LogP contribution >= 0.6 is 23.2 Å². The number of carbonyl (C=O) groups excluding carboxylic acids is 2. The lowest BCUT2D eigenvalue weighted by molar-refractivity contribution is -0.137. The van der Waals surface area contributed by atoms with Crippen molar-refractivity contribution < 1.29 is 32.2 Å². The van der Waals surface area contributed by atoms with Crippen molar-refractivity contribution in [2.45, 2.75) is 6.18 Å². The van der Waals surface area contributed by atoms with Crippen LogP contribution in [0.1, 0.15) is 15.9 Å². The fourth-order valence-electron chi connectivity index (χ4n) is 3.04. The Morgan fingerprint density at radius 3 is 2.03 bits per heavy atom. The predicted molar refractivity (Wildman–Crippen MR) is 132 cm³/mol. The summed E-state index contributed by atoms with van der Waals surface area (Å²) in [7, 11) is 4.53. The number of rotatable bonds is 6. The van der Waals surface area contributed by atoms with Crippen molar-refractivity contribution >= 4 is 46.5 Å². The Labute approximate surface area is 214 Å². The fraction of sp³-hybridized carbons (Fsp3) is 0.167. The van der Waals surface area contributed by atoms with E-state index >= 15 is 0 Å². The van der Waals surface area contributed by atoms with E-state index in [0.29, 0.717) is 23.1 Å². The number of methoxy groups -OCH3 is 1. The van der Waals surface area contributed by atoms with Crippen molar-refractivity contribution in [1.29, 1.82) is 0 Å². The third-order valence-electron chi connectivity index (χ3n) is 4.77. The lowest BCUT2D eigenvalue weighted by atomic mass is 10.1. The van der Waals surface area contributed by atoms with Gasteiger partial charge in [0.1, 0.15) is 17.2 Å². The molecule has 0 aliphatic carbocycles. The average molecular weight is 542 g/mol. The van der Waals surface area contributed by atoms with Crippen LogP contribution in [0.25, 0.3) is 0 Å². The highest BCUT2D eigenvalue weighted by Gasteiger charge is 2.34. The molecule has 0 atom stereocenters. The normalized spacial score (nSPS) is 11.0. The SMILES string of the molecule is COc1cc(Cl)c(C(F)(F)F)cc1NC(=O)Nc1ccc(Oc2ccc(C(=O)N(C)C)cc2)cc1Cl. The van der Waals surface area contributed by atoms with Gasteiger partial charge in [0.05, 0.1) is 34.1 Å². The predicted octanol–water partition coefficient (Wildman–Crippen LogP) is 7.16. The lowest BCUT2D eigenvalue weighted by Gasteiger charge is -2.16. The van der Waals surface area contributed by atoms with Gasteiger partial charge in [0.2, 0.25) is 0 Å². The van der Waals surface area contributed by atoms with Crippen molar-refractivity contribution in [2.24, 2.45) is 0 Å². The zero-order valence-corrected chi connectivity index (χ0v) is 20.7. The highest BCUT2D eigenvalue weighted by molar-refractivity contribution is 6.34. The van der Waals surface area contributed by atoms with Crippen molar-refractivity contribution in [3.8, 4) is 17.2 Å². The monoisotopic (exact) mass is 541 g/mol. The maximum atomic E-state index is 13.2. The van der Waals surface area contributed by atoms with Gasteiger partial charge in [0.15, 0.2) is 0 Å². The summed E-state index contributed by atoms with van der Waals surface area (Å²) in [5.74, 6) is 0.599. The summed E-state index contributed by atoms with van der Waals surface area (Å²) in [5, 5.41) is 4.30. The number of ether oxygens (including phenoxy) is 2. The van der Waals surface area contributed by atoms with E-state index in [9.17, 15) is 22.8 Å². The van der Waals surface area contributed by atoms with E-state index < -0.39 is 22.8 Å². The summed E-state index contributed by atoms with van der Waals surface area (Å²) in [6.45, 7) is 0. The molecule has 36 heavy (non-hydrogen) atoms. The molecule has 0 aliphatic heterocycles. The molecule has 3 rings (SSSR count). The maximum Gasteiger partial charge on any atom is 0.417 e. The van der Waals surface area contributed by atoms with Crippen LogP contribution in [-0.4, -0.2) is 38.0 Å². The molecule has 12 heteroatoms. The molecule has 0 unspecified atom stereocenters. The molecular formula is C24H20Cl2F3N3O4. The molecule has 0 radical (unpaired) electrons. The van der Waals surface area contributed by atoms with Crippen molar-refractivity contribution in [2.75, 3.05) is 31.8 Å². The van der Waals surface area contributed by atoms with Gasteiger partial charge in [0, 0.05) is 31.8 Å². The quantitative estimate of drug-likeness (QED) is 0.347. The Morgan fingerprint density at radius 2 is 1.47 bits per heavy atom. The Hall–Kier alpha value is -3.63. The number of benzene rings is 3. The van der Waals surface area contributed by atoms with Gasteiger partial charge in [-0.25, -0.2) is 4.79 Å². The number of amides is 3. The molecule has 0 saturated carbocycles. The van der Waals surface area contributed by atoms with Gasteiger partial charge in [0.25, 0.3) is 5.91 Å². The number of alkyl halides is 3. The van der Waals surface area contributed by atoms with Crippen LogP contribution in [0.5, 0.6) is 17.2 Å². The molecule has 3 amide bonds. The standard InChI is InChI=1S/C24H20Cl2F3N3O4/c1-32(2)22(33)13-4-6-14(7-5-13)36-15-8-9-19(18(26)10-15)30-23(34)31-20-11-16(24(27,28)29)17(25)12-21(20)35-3/h4-12H,1-3H3,(H2,30,31,34). The van der Waals surface area contributed by atoms with Crippen molar-refractivity contribution in [3.05, 3.63) is 75.8 Å². The van der Waals surface area contributed by atoms with E-state index in [1.165, 1.54) is 30.2 Å². The first kappa shape index (κ1) is 27.0. The molecule has 2 N–H and O–H groups in total. The van der Waals surface area contributed by atoms with Crippen LogP contribution in [0.4, 0.5) is 29.3 Å². The van der Waals surface area contributed by atoms with Crippen molar-refractivity contribution in [3.63, 3.8) is 0 Å². The van der Waals surface area contributed by atoms with E-state index in [0.717, 1.165) is 6.07 Å². The molecule has 0 bridgehead atoms. The average Bonchev–Trinajstić information content (AvgIpc) is 2.81. The number of urea groups is 1. The van der Waals surface area contributed by atoms with E-state index in [4.69, 9.17) is 32.7 Å². The van der Waals surface area contributed by atoms with Gasteiger partial charge in [-0.3, -0.25) is 4.79 Å². The first-order valence-electron chi connectivity index (χ1n) is 10.2. The molecule has 7 nitrogen and oxygen atoms in total. The van der Waals surface area contributed by atoms with E-state index in [-0.39, 0.29) is 28.1 Å². The first-order chi connectivity index (χ1) is 16.9. The molecule has 0 spiro atoms. The van der Waals surface area contributed by atoms with Gasteiger partial charge < -0.3 is 25.0 Å². The Morgan fingerprint density at radius 1 is 0.861 bits per heavy atom. The van der Waals surface area contributed by atoms with Gasteiger partial charge in [-0.1, -0.05) is 23.2 Å². The third-order valence-corrected chi connectivity index (χ3v) is 5.40. The van der Waals surface area contributed by atoms with Crippen LogP contribution in [0.3, 0.4) is 0 Å². The number of carbonyl (C=O) groups is 2. The summed E-state index contributed by atoms with van der Waals surface area (Å²) in [5.41, 5.74) is -0.689. The molecule has 3 aromatic carbocycles. The molecule has 0 saturated heterocycles. The molecule has 0 aromatic heterocycles. The Bertz CT molecular complexity index is 1280. The van der Waals surface area contributed by atoms with Crippen LogP contribution < -0.4 is 20.1 Å². The second-order valence-corrected chi connectivity index (χ2v) is 8.39. The van der Waals surface area contributed by atoms with E-state index in [2.05, 4.69) is 10.6 Å². The number of nitrogens with one attached hydrogen (secondary N) is 2. The van der Waals surface area contributed by atoms with Gasteiger partial charge in [-0.05, 0) is 42.5 Å². The summed E-state index contributed by atoms with van der Waals surface area (Å²) in [6, 6.07) is 11.7. The largest absolute Gasteiger partial charge is 0.495 e. The summed E-state index contributed by atoms with van der Waals surface area (Å²) in [4.78, 5) is 25.9. The third kappa shape index (κ3) is 6.52. The first-order valence-corrected chi connectivity index (χ1v) is 11.0. The Balaban J connectivity index is 1.71. The minimum atomic E-state index is -4.72. The van der Waals surface area contributed by atoms with Crippen LogP contribution in [0.15, 0.2) is 54.6 Å². The highest BCUT2D eigenvalue weighted by atomic mass is 35.5. The van der Waals surface area contributed by atoms with Crippen molar-refractivity contribution in [1.82, 2.24) is 4.90 Å². The van der Waals surface area contributed by atoms with Crippen LogP contribution in [0.2, 0.25) is 10.0 Å². The van der Waals surface area contributed by atoms with Crippen LogP contribution in [-0.2, 0) is 6.18 Å². The minimum Gasteiger partial charge on any atom is -0.495 e. The van der Waals surface area contributed by atoms with E-state index in [1.807, 2.05) is 0 Å². The minimum absolute atomic E-state index is 0.0590. The summed E-state index contributed by atoms with van der Waals surface area (Å²) >= 11 is 11.9. The summed E-state index contributed by atoms with van der Waals surface area (Å²) in [6.07, 6.45) is -4.72. The highest BCUT2D eigenvalue weighted by Crippen LogP contribution is 2.40. The molecule has 190 valence electrons. The number of halogens is 5. The van der Waals surface area contributed by atoms with Gasteiger partial charge >= 0.3 is 12.2 Å². The number of hydrogen-bond donors (Lipinski definition) is 2. The lowest BCUT2D eigenvalue weighted by Crippen LogP contribution is -2.21. The zero-order chi connectivity index (χ0) is 26.6. The second kappa shape index (κ2) is 11.0. The summed E-state index contributed by atoms with van der Waals surface area (Å²) < 4.78 is 50.3. The zero-order valence-electron chi connectivity index (χ0n) is 19.2. The second-order valence-electron chi connectivity index (χ2n) is 7.58. The Kier molecular flexibility index (Phi) is 8.21. The fourth-order valence-corrected chi connectivity index (χ4v) is 3.51. The maximum absolute atomic E-state index is 13.2.